The third kappa shape index (κ3) is 62.9. The van der Waals surface area contributed by atoms with Gasteiger partial charge in [-0.1, -0.05) is 291 Å². The van der Waals surface area contributed by atoms with Gasteiger partial charge in [-0.3, -0.25) is 14.4 Å². The van der Waals surface area contributed by atoms with Crippen molar-refractivity contribution in [3.8, 4) is 0 Å². The molecule has 0 spiro atoms. The molecular formula is C72H122O6. The van der Waals surface area contributed by atoms with Crippen molar-refractivity contribution in [2.45, 2.75) is 316 Å². The first-order chi connectivity index (χ1) is 38.5. The fourth-order valence-electron chi connectivity index (χ4n) is 9.10. The molecule has 0 aromatic heterocycles. The van der Waals surface area contributed by atoms with Gasteiger partial charge in [0.1, 0.15) is 13.2 Å². The molecule has 0 heterocycles. The molecule has 0 amide bonds. The highest BCUT2D eigenvalue weighted by atomic mass is 16.6. The number of hydrogen-bond acceptors (Lipinski definition) is 6. The van der Waals surface area contributed by atoms with E-state index in [4.69, 9.17) is 14.2 Å². The van der Waals surface area contributed by atoms with Gasteiger partial charge in [0.2, 0.25) is 0 Å². The van der Waals surface area contributed by atoms with Gasteiger partial charge in [0.25, 0.3) is 0 Å². The van der Waals surface area contributed by atoms with E-state index in [9.17, 15) is 14.4 Å². The molecule has 0 aromatic carbocycles. The van der Waals surface area contributed by atoms with Crippen LogP contribution in [0.1, 0.15) is 310 Å². The minimum absolute atomic E-state index is 0.0821. The molecule has 1 atom stereocenters. The summed E-state index contributed by atoms with van der Waals surface area (Å²) in [6.45, 7) is 6.51. The van der Waals surface area contributed by atoms with Crippen LogP contribution < -0.4 is 0 Å². The Balaban J connectivity index is 4.24. The Morgan fingerprint density at radius 1 is 0.269 bits per heavy atom. The minimum atomic E-state index is -0.784. The summed E-state index contributed by atoms with van der Waals surface area (Å²) in [4.78, 5) is 38.2. The van der Waals surface area contributed by atoms with Crippen LogP contribution in [0.2, 0.25) is 0 Å². The number of carbonyl (C=O) groups is 3. The van der Waals surface area contributed by atoms with Crippen LogP contribution in [0.15, 0.2) is 109 Å². The SMILES string of the molecule is CC/C=C\C/C=C\C/C=C\C/C=C\C/C=C\C/C=C\C/C=C\C/C=C\CCCCCCCCCCC(=O)OCC(COC(=O)CCCCCCC/C=C\CCCCC)OC(=O)CCCCCCCCCCCCCCCCC. The molecule has 6 heteroatoms. The van der Waals surface area contributed by atoms with Crippen molar-refractivity contribution in [3.05, 3.63) is 109 Å². The number of carbonyl (C=O) groups excluding carboxylic acids is 3. The minimum Gasteiger partial charge on any atom is -0.462 e. The number of ether oxygens (including phenoxy) is 3. The van der Waals surface area contributed by atoms with Crippen molar-refractivity contribution in [1.82, 2.24) is 0 Å². The second-order valence-electron chi connectivity index (χ2n) is 21.6. The molecule has 0 radical (unpaired) electrons. The lowest BCUT2D eigenvalue weighted by atomic mass is 10.0. The summed E-state index contributed by atoms with van der Waals surface area (Å²) in [5.74, 6) is -0.889. The lowest BCUT2D eigenvalue weighted by Gasteiger charge is -2.18. The average molecular weight is 1080 g/mol. The highest BCUT2D eigenvalue weighted by Gasteiger charge is 2.19. The van der Waals surface area contributed by atoms with E-state index in [0.29, 0.717) is 19.3 Å². The number of hydrogen-bond donors (Lipinski definition) is 0. The van der Waals surface area contributed by atoms with Crippen LogP contribution in [-0.2, 0) is 28.6 Å². The Kier molecular flexibility index (Phi) is 62.3. The van der Waals surface area contributed by atoms with Crippen LogP contribution in [0.25, 0.3) is 0 Å². The fourth-order valence-corrected chi connectivity index (χ4v) is 9.10. The van der Waals surface area contributed by atoms with Crippen molar-refractivity contribution in [3.63, 3.8) is 0 Å². The molecule has 1 unspecified atom stereocenters. The van der Waals surface area contributed by atoms with Gasteiger partial charge in [0, 0.05) is 19.3 Å². The normalized spacial score (nSPS) is 12.8. The number of allylic oxidation sites excluding steroid dienone is 18. The maximum absolute atomic E-state index is 12.9. The summed E-state index contributed by atoms with van der Waals surface area (Å²) in [6, 6.07) is 0. The molecule has 0 fully saturated rings. The summed E-state index contributed by atoms with van der Waals surface area (Å²) in [6.07, 6.45) is 89.6. The van der Waals surface area contributed by atoms with Crippen LogP contribution in [0.5, 0.6) is 0 Å². The Morgan fingerprint density at radius 3 is 0.821 bits per heavy atom. The van der Waals surface area contributed by atoms with Gasteiger partial charge < -0.3 is 14.2 Å². The highest BCUT2D eigenvalue weighted by molar-refractivity contribution is 5.71. The zero-order chi connectivity index (χ0) is 56.4. The van der Waals surface area contributed by atoms with Crippen molar-refractivity contribution >= 4 is 17.9 Å². The molecule has 6 nitrogen and oxygen atoms in total. The predicted octanol–water partition coefficient (Wildman–Crippen LogP) is 22.6. The van der Waals surface area contributed by atoms with E-state index in [0.717, 1.165) is 122 Å². The molecule has 0 aliphatic heterocycles. The summed E-state index contributed by atoms with van der Waals surface area (Å²) >= 11 is 0. The Labute approximate surface area is 482 Å². The molecule has 0 aromatic rings. The number of unbranched alkanes of at least 4 members (excludes halogenated alkanes) is 30. The Morgan fingerprint density at radius 2 is 0.500 bits per heavy atom. The van der Waals surface area contributed by atoms with E-state index in [1.807, 2.05) is 0 Å². The molecule has 0 saturated heterocycles. The van der Waals surface area contributed by atoms with Crippen LogP contribution in [-0.4, -0.2) is 37.2 Å². The van der Waals surface area contributed by atoms with Gasteiger partial charge in [0.15, 0.2) is 6.10 Å². The molecule has 0 aliphatic carbocycles. The monoisotopic (exact) mass is 1080 g/mol. The standard InChI is InChI=1S/C72H122O6/c1-4-7-10-13-16-19-22-25-27-28-29-30-31-32-33-34-35-36-37-38-39-40-41-42-43-44-46-47-50-53-56-59-62-65-71(74)77-68-69(67-76-70(73)64-61-58-55-52-49-24-21-18-15-12-9-6-3)78-72(75)66-63-60-57-54-51-48-45-26-23-20-17-14-11-8-5-2/h7,10,16,18-19,21,25,27,29-30,32-33,35-36,38-39,41-42,69H,4-6,8-9,11-15,17,20,22-24,26,28,31,34,37,40,43-68H2,1-3H3/b10-7-,19-16-,21-18-,27-25-,30-29-,33-32-,36-35-,39-38-,42-41-. The van der Waals surface area contributed by atoms with E-state index in [2.05, 4.69) is 130 Å². The fraction of sp³-hybridized carbons (Fsp3) is 0.708. The average Bonchev–Trinajstić information content (AvgIpc) is 3.44. The van der Waals surface area contributed by atoms with Crippen LogP contribution in [0.4, 0.5) is 0 Å². The lowest BCUT2D eigenvalue weighted by Crippen LogP contribution is -2.30. The topological polar surface area (TPSA) is 78.9 Å². The van der Waals surface area contributed by atoms with Gasteiger partial charge in [-0.25, -0.2) is 0 Å². The Hall–Kier alpha value is -3.93. The molecule has 78 heavy (non-hydrogen) atoms. The van der Waals surface area contributed by atoms with Gasteiger partial charge in [0.05, 0.1) is 0 Å². The molecular weight excluding hydrogens is 961 g/mol. The molecule has 0 N–H and O–H groups in total. The summed E-state index contributed by atoms with van der Waals surface area (Å²) in [5, 5.41) is 0. The van der Waals surface area contributed by atoms with Gasteiger partial charge in [-0.2, -0.15) is 0 Å². The molecule has 0 bridgehead atoms. The maximum atomic E-state index is 12.9. The highest BCUT2D eigenvalue weighted by Crippen LogP contribution is 2.16. The Bertz CT molecular complexity index is 1570. The molecule has 446 valence electrons. The first kappa shape index (κ1) is 74.1. The second kappa shape index (κ2) is 65.6. The molecule has 0 aliphatic rings. The zero-order valence-electron chi connectivity index (χ0n) is 51.2. The third-order valence-corrected chi connectivity index (χ3v) is 14.0. The van der Waals surface area contributed by atoms with Crippen LogP contribution in [0, 0.1) is 0 Å². The van der Waals surface area contributed by atoms with Crippen molar-refractivity contribution in [2.75, 3.05) is 13.2 Å². The molecule has 0 rings (SSSR count). The summed E-state index contributed by atoms with van der Waals surface area (Å²) in [7, 11) is 0. The van der Waals surface area contributed by atoms with Crippen molar-refractivity contribution in [2.24, 2.45) is 0 Å². The maximum Gasteiger partial charge on any atom is 0.306 e. The zero-order valence-corrected chi connectivity index (χ0v) is 51.2. The van der Waals surface area contributed by atoms with Crippen LogP contribution in [0.3, 0.4) is 0 Å². The predicted molar refractivity (Wildman–Crippen MR) is 339 cm³/mol. The van der Waals surface area contributed by atoms with Crippen molar-refractivity contribution < 1.29 is 28.6 Å². The smallest absolute Gasteiger partial charge is 0.306 e. The number of rotatable bonds is 59. The largest absolute Gasteiger partial charge is 0.462 e. The summed E-state index contributed by atoms with van der Waals surface area (Å²) in [5.41, 5.74) is 0. The van der Waals surface area contributed by atoms with Gasteiger partial charge in [-0.15, -0.1) is 0 Å². The quantitative estimate of drug-likeness (QED) is 0.0261. The van der Waals surface area contributed by atoms with Gasteiger partial charge in [-0.05, 0) is 109 Å². The van der Waals surface area contributed by atoms with E-state index in [-0.39, 0.29) is 31.1 Å². The van der Waals surface area contributed by atoms with E-state index < -0.39 is 6.10 Å². The second-order valence-corrected chi connectivity index (χ2v) is 21.6. The van der Waals surface area contributed by atoms with Gasteiger partial charge >= 0.3 is 17.9 Å². The van der Waals surface area contributed by atoms with Crippen LogP contribution >= 0.6 is 0 Å². The first-order valence-electron chi connectivity index (χ1n) is 32.9. The van der Waals surface area contributed by atoms with E-state index >= 15 is 0 Å². The number of esters is 3. The third-order valence-electron chi connectivity index (χ3n) is 14.0. The van der Waals surface area contributed by atoms with Crippen molar-refractivity contribution in [1.29, 1.82) is 0 Å². The molecule has 0 saturated carbocycles. The lowest BCUT2D eigenvalue weighted by molar-refractivity contribution is -0.167. The van der Waals surface area contributed by atoms with E-state index in [1.54, 1.807) is 0 Å². The first-order valence-corrected chi connectivity index (χ1v) is 32.9. The summed E-state index contributed by atoms with van der Waals surface area (Å²) < 4.78 is 16.9. The van der Waals surface area contributed by atoms with E-state index in [1.165, 1.54) is 148 Å².